The van der Waals surface area contributed by atoms with Crippen molar-refractivity contribution in [2.45, 2.75) is 39.7 Å². The summed E-state index contributed by atoms with van der Waals surface area (Å²) < 4.78 is 5.33. The molecule has 0 bridgehead atoms. The van der Waals surface area contributed by atoms with Gasteiger partial charge in [-0.05, 0) is 37.6 Å². The number of amides is 2. The van der Waals surface area contributed by atoms with Gasteiger partial charge >= 0.3 is 12.0 Å². The highest BCUT2D eigenvalue weighted by Crippen LogP contribution is 2.32. The van der Waals surface area contributed by atoms with E-state index in [-0.39, 0.29) is 18.6 Å². The number of carbonyl (C=O) groups excluding carboxylic acids is 2. The van der Waals surface area contributed by atoms with E-state index in [0.29, 0.717) is 23.7 Å². The van der Waals surface area contributed by atoms with Crippen molar-refractivity contribution < 1.29 is 14.3 Å². The average Bonchev–Trinajstić information content (AvgIpc) is 2.65. The number of esters is 1. The zero-order valence-electron chi connectivity index (χ0n) is 17.2. The minimum absolute atomic E-state index is 0.222. The Morgan fingerprint density at radius 2 is 1.89 bits per heavy atom. The van der Waals surface area contributed by atoms with Gasteiger partial charge in [0.25, 0.3) is 0 Å². The smallest absolute Gasteiger partial charge is 0.338 e. The van der Waals surface area contributed by atoms with Crippen LogP contribution in [-0.2, 0) is 9.53 Å². The predicted molar refractivity (Wildman–Crippen MR) is 106 cm³/mol. The van der Waals surface area contributed by atoms with Crippen molar-refractivity contribution in [1.82, 2.24) is 15.1 Å². The number of benzene rings is 1. The first-order chi connectivity index (χ1) is 12.8. The van der Waals surface area contributed by atoms with Crippen LogP contribution in [0.25, 0.3) is 0 Å². The molecule has 2 rings (SSSR count). The van der Waals surface area contributed by atoms with E-state index in [1.54, 1.807) is 14.0 Å². The zero-order valence-corrected chi connectivity index (χ0v) is 17.2. The number of nitrogens with zero attached hydrogens (tertiary/aromatic N) is 2. The molecule has 0 saturated carbocycles. The van der Waals surface area contributed by atoms with Crippen LogP contribution in [0.1, 0.15) is 50.8 Å². The molecule has 1 aromatic carbocycles. The monoisotopic (exact) mass is 373 g/mol. The lowest BCUT2D eigenvalue weighted by atomic mass is 9.92. The molecule has 1 atom stereocenters. The number of hydrogen-bond acceptors (Lipinski definition) is 4. The molecule has 6 nitrogen and oxygen atoms in total. The maximum absolute atomic E-state index is 12.8. The van der Waals surface area contributed by atoms with Gasteiger partial charge in [0, 0.05) is 19.3 Å². The van der Waals surface area contributed by atoms with Gasteiger partial charge in [0.1, 0.15) is 0 Å². The molecule has 0 aliphatic carbocycles. The van der Waals surface area contributed by atoms with E-state index in [1.165, 1.54) is 10.5 Å². The number of nitrogens with one attached hydrogen (secondary N) is 1. The Morgan fingerprint density at radius 1 is 1.26 bits per heavy atom. The van der Waals surface area contributed by atoms with E-state index in [0.717, 1.165) is 12.1 Å². The lowest BCUT2D eigenvalue weighted by Crippen LogP contribution is -2.49. The Balaban J connectivity index is 2.54. The van der Waals surface area contributed by atoms with E-state index >= 15 is 0 Å². The summed E-state index contributed by atoms with van der Waals surface area (Å²) in [5.41, 5.74) is 3.27. The molecule has 148 valence electrons. The third-order valence-corrected chi connectivity index (χ3v) is 4.97. The van der Waals surface area contributed by atoms with Crippen LogP contribution in [0.5, 0.6) is 0 Å². The fourth-order valence-corrected chi connectivity index (χ4v) is 3.09. The second kappa shape index (κ2) is 9.04. The highest BCUT2D eigenvalue weighted by Gasteiger charge is 2.36. The Morgan fingerprint density at radius 3 is 2.41 bits per heavy atom. The largest absolute Gasteiger partial charge is 0.463 e. The first kappa shape index (κ1) is 21.0. The summed E-state index contributed by atoms with van der Waals surface area (Å²) in [5.74, 6) is 0.0294. The van der Waals surface area contributed by atoms with Crippen molar-refractivity contribution in [2.24, 2.45) is 0 Å². The summed E-state index contributed by atoms with van der Waals surface area (Å²) >= 11 is 0. The second-order valence-corrected chi connectivity index (χ2v) is 7.17. The average molecular weight is 373 g/mol. The fourth-order valence-electron chi connectivity index (χ4n) is 3.09. The molecule has 1 heterocycles. The van der Waals surface area contributed by atoms with Crippen molar-refractivity contribution >= 4 is 12.0 Å². The van der Waals surface area contributed by atoms with Crippen molar-refractivity contribution in [2.75, 3.05) is 33.8 Å². The molecular formula is C21H31N3O3. The maximum Gasteiger partial charge on any atom is 0.338 e. The van der Waals surface area contributed by atoms with Crippen LogP contribution in [0, 0.1) is 0 Å². The van der Waals surface area contributed by atoms with Gasteiger partial charge in [-0.1, -0.05) is 45.0 Å². The molecule has 1 N–H and O–H groups in total. The summed E-state index contributed by atoms with van der Waals surface area (Å²) in [6, 6.07) is 7.31. The van der Waals surface area contributed by atoms with Gasteiger partial charge < -0.3 is 15.0 Å². The molecule has 1 aliphatic rings. The summed E-state index contributed by atoms with van der Waals surface area (Å²) in [5, 5.41) is 2.95. The van der Waals surface area contributed by atoms with Crippen LogP contribution in [-0.4, -0.2) is 55.6 Å². The molecule has 6 heteroatoms. The minimum atomic E-state index is -0.519. The Hall–Kier alpha value is -2.34. The predicted octanol–water partition coefficient (Wildman–Crippen LogP) is 3.28. The molecule has 0 saturated heterocycles. The molecule has 0 aromatic heterocycles. The molecule has 0 spiro atoms. The first-order valence-electron chi connectivity index (χ1n) is 9.52. The fraction of sp³-hybridized carbons (Fsp3) is 0.524. The number of ether oxygens (including phenoxy) is 1. The Labute approximate surface area is 162 Å². The van der Waals surface area contributed by atoms with Crippen LogP contribution in [0.15, 0.2) is 35.5 Å². The van der Waals surface area contributed by atoms with E-state index < -0.39 is 6.04 Å². The van der Waals surface area contributed by atoms with Crippen LogP contribution >= 0.6 is 0 Å². The van der Waals surface area contributed by atoms with Gasteiger partial charge in [-0.25, -0.2) is 9.59 Å². The number of hydrogen-bond donors (Lipinski definition) is 1. The SMILES string of the molecule is CCOC(=O)C1=C(CN(C)CC)N(C)C(=O)N[C@H]1c1ccc(C(C)C)cc1. The third kappa shape index (κ3) is 4.69. The molecular weight excluding hydrogens is 342 g/mol. The summed E-state index contributed by atoms with van der Waals surface area (Å²) in [7, 11) is 3.65. The standard InChI is InChI=1S/C21H31N3O3/c1-7-23(5)13-17-18(20(25)27-8-2)19(22-21(26)24(17)6)16-11-9-15(10-12-16)14(3)4/h9-12,14,19H,7-8,13H2,1-6H3,(H,22,26)/t19-/m0/s1. The quantitative estimate of drug-likeness (QED) is 0.745. The molecule has 0 fully saturated rings. The van der Waals surface area contributed by atoms with Crippen LogP contribution in [0.3, 0.4) is 0 Å². The number of urea groups is 1. The van der Waals surface area contributed by atoms with Gasteiger partial charge in [0.05, 0.1) is 18.2 Å². The number of rotatable bonds is 7. The van der Waals surface area contributed by atoms with Crippen molar-refractivity contribution in [3.63, 3.8) is 0 Å². The normalized spacial score (nSPS) is 17.6. The summed E-state index contributed by atoms with van der Waals surface area (Å²) in [6.07, 6.45) is 0. The lowest BCUT2D eigenvalue weighted by molar-refractivity contribution is -0.139. The van der Waals surface area contributed by atoms with Gasteiger partial charge in [-0.3, -0.25) is 4.90 Å². The van der Waals surface area contributed by atoms with Gasteiger partial charge in [-0.15, -0.1) is 0 Å². The van der Waals surface area contributed by atoms with Crippen molar-refractivity contribution in [3.05, 3.63) is 46.7 Å². The molecule has 27 heavy (non-hydrogen) atoms. The van der Waals surface area contributed by atoms with Gasteiger partial charge in [-0.2, -0.15) is 0 Å². The topological polar surface area (TPSA) is 61.9 Å². The lowest BCUT2D eigenvalue weighted by Gasteiger charge is -2.36. The molecule has 0 unspecified atom stereocenters. The highest BCUT2D eigenvalue weighted by atomic mass is 16.5. The van der Waals surface area contributed by atoms with Crippen LogP contribution < -0.4 is 5.32 Å². The van der Waals surface area contributed by atoms with Gasteiger partial charge in [0.15, 0.2) is 0 Å². The number of carbonyl (C=O) groups is 2. The number of likely N-dealkylation sites (N-methyl/N-ethyl adjacent to an activating group) is 2. The Bertz CT molecular complexity index is 710. The zero-order chi connectivity index (χ0) is 20.1. The van der Waals surface area contributed by atoms with E-state index in [4.69, 9.17) is 4.74 Å². The summed E-state index contributed by atoms with van der Waals surface area (Å²) in [4.78, 5) is 29.0. The second-order valence-electron chi connectivity index (χ2n) is 7.17. The van der Waals surface area contributed by atoms with Crippen molar-refractivity contribution in [1.29, 1.82) is 0 Å². The van der Waals surface area contributed by atoms with E-state index in [1.807, 2.05) is 38.2 Å². The molecule has 1 aliphatic heterocycles. The molecule has 2 amide bonds. The first-order valence-corrected chi connectivity index (χ1v) is 9.52. The molecule has 1 aromatic rings. The van der Waals surface area contributed by atoms with E-state index in [2.05, 4.69) is 24.1 Å². The Kier molecular flexibility index (Phi) is 7.02. The molecule has 0 radical (unpaired) electrons. The third-order valence-electron chi connectivity index (χ3n) is 4.97. The van der Waals surface area contributed by atoms with E-state index in [9.17, 15) is 9.59 Å². The maximum atomic E-state index is 12.8. The van der Waals surface area contributed by atoms with Gasteiger partial charge in [0.2, 0.25) is 0 Å². The van der Waals surface area contributed by atoms with Crippen molar-refractivity contribution in [3.8, 4) is 0 Å². The summed E-state index contributed by atoms with van der Waals surface area (Å²) in [6.45, 7) is 9.68. The van der Waals surface area contributed by atoms with Crippen LogP contribution in [0.2, 0.25) is 0 Å². The highest BCUT2D eigenvalue weighted by molar-refractivity contribution is 5.95. The minimum Gasteiger partial charge on any atom is -0.463 e. The van der Waals surface area contributed by atoms with Crippen LogP contribution in [0.4, 0.5) is 4.79 Å².